The van der Waals surface area contributed by atoms with Crippen LogP contribution in [0.15, 0.2) is 18.2 Å². The van der Waals surface area contributed by atoms with E-state index < -0.39 is 12.0 Å². The molecule has 0 bridgehead atoms. The van der Waals surface area contributed by atoms with Gasteiger partial charge in [-0.1, -0.05) is 19.9 Å². The fraction of sp³-hybridized carbons (Fsp3) is 0.462. The highest BCUT2D eigenvalue weighted by atomic mass is 16.5. The van der Waals surface area contributed by atoms with Gasteiger partial charge in [0.2, 0.25) is 0 Å². The first kappa shape index (κ1) is 12.6. The second kappa shape index (κ2) is 5.01. The number of hydrogen-bond acceptors (Lipinski definition) is 2. The van der Waals surface area contributed by atoms with Gasteiger partial charge in [0, 0.05) is 0 Å². The lowest BCUT2D eigenvalue weighted by Crippen LogP contribution is -2.30. The Bertz CT molecular complexity index is 386. The Morgan fingerprint density at radius 1 is 1.25 bits per heavy atom. The number of carbonyl (C=O) groups is 1. The monoisotopic (exact) mass is 221 g/mol. The molecule has 0 radical (unpaired) electrons. The summed E-state index contributed by atoms with van der Waals surface area (Å²) in [6.07, 6.45) is -0.596. The molecular formula is C13H19NO2. The van der Waals surface area contributed by atoms with Gasteiger partial charge in [0.05, 0.1) is 0 Å². The third-order valence-corrected chi connectivity index (χ3v) is 2.45. The highest BCUT2D eigenvalue weighted by Crippen LogP contribution is 2.23. The van der Waals surface area contributed by atoms with E-state index >= 15 is 0 Å². The quantitative estimate of drug-likeness (QED) is 0.848. The summed E-state index contributed by atoms with van der Waals surface area (Å²) in [6, 6.07) is 5.98. The van der Waals surface area contributed by atoms with Crippen LogP contribution in [0, 0.1) is 6.92 Å². The lowest BCUT2D eigenvalue weighted by molar-refractivity contribution is -0.123. The Kier molecular flexibility index (Phi) is 3.93. The number of nitrogens with two attached hydrogens (primary N) is 1. The molecule has 0 aliphatic rings. The number of ether oxygens (including phenoxy) is 1. The van der Waals surface area contributed by atoms with Gasteiger partial charge in [0.1, 0.15) is 5.75 Å². The maximum Gasteiger partial charge on any atom is 0.258 e. The van der Waals surface area contributed by atoms with Gasteiger partial charge in [-0.15, -0.1) is 0 Å². The zero-order valence-electron chi connectivity index (χ0n) is 10.3. The smallest absolute Gasteiger partial charge is 0.258 e. The molecule has 0 unspecified atom stereocenters. The minimum Gasteiger partial charge on any atom is -0.481 e. The summed E-state index contributed by atoms with van der Waals surface area (Å²) in [4.78, 5) is 10.9. The minimum atomic E-state index is -0.596. The van der Waals surface area contributed by atoms with Crippen LogP contribution in [0.2, 0.25) is 0 Å². The molecule has 0 spiro atoms. The Hall–Kier alpha value is -1.51. The number of amides is 1. The third-order valence-electron chi connectivity index (χ3n) is 2.45. The van der Waals surface area contributed by atoms with E-state index in [2.05, 4.69) is 19.9 Å². The van der Waals surface area contributed by atoms with Gasteiger partial charge in [-0.2, -0.15) is 0 Å². The van der Waals surface area contributed by atoms with Crippen molar-refractivity contribution < 1.29 is 9.53 Å². The van der Waals surface area contributed by atoms with E-state index in [9.17, 15) is 4.79 Å². The number of benzene rings is 1. The Morgan fingerprint density at radius 3 is 2.38 bits per heavy atom. The molecule has 0 saturated carbocycles. The van der Waals surface area contributed by atoms with Crippen molar-refractivity contribution in [3.63, 3.8) is 0 Å². The maximum absolute atomic E-state index is 10.9. The SMILES string of the molecule is Cc1cc(O[C@H](C)C(N)=O)cc(C(C)C)c1. The van der Waals surface area contributed by atoms with Gasteiger partial charge in [-0.3, -0.25) is 4.79 Å². The van der Waals surface area contributed by atoms with Gasteiger partial charge in [-0.25, -0.2) is 0 Å². The average molecular weight is 221 g/mol. The van der Waals surface area contributed by atoms with Crippen molar-refractivity contribution in [1.29, 1.82) is 0 Å². The minimum absolute atomic E-state index is 0.436. The number of hydrogen-bond donors (Lipinski definition) is 1. The van der Waals surface area contributed by atoms with Crippen LogP contribution in [0.3, 0.4) is 0 Å². The Labute approximate surface area is 96.6 Å². The normalized spacial score (nSPS) is 12.6. The van der Waals surface area contributed by atoms with E-state index in [1.807, 2.05) is 19.1 Å². The van der Waals surface area contributed by atoms with Crippen LogP contribution < -0.4 is 10.5 Å². The first-order valence-electron chi connectivity index (χ1n) is 5.47. The molecule has 3 nitrogen and oxygen atoms in total. The van der Waals surface area contributed by atoms with E-state index in [0.29, 0.717) is 11.7 Å². The van der Waals surface area contributed by atoms with Crippen molar-refractivity contribution in [2.45, 2.75) is 39.7 Å². The fourth-order valence-corrected chi connectivity index (χ4v) is 1.44. The Morgan fingerprint density at radius 2 is 1.88 bits per heavy atom. The molecule has 1 amide bonds. The van der Waals surface area contributed by atoms with Gasteiger partial charge >= 0.3 is 0 Å². The lowest BCUT2D eigenvalue weighted by atomic mass is 10.0. The molecule has 1 rings (SSSR count). The Balaban J connectivity index is 2.92. The van der Waals surface area contributed by atoms with Crippen LogP contribution in [0.5, 0.6) is 5.75 Å². The lowest BCUT2D eigenvalue weighted by Gasteiger charge is -2.14. The van der Waals surface area contributed by atoms with Crippen LogP contribution in [0.4, 0.5) is 0 Å². The molecule has 1 atom stereocenters. The van der Waals surface area contributed by atoms with E-state index in [1.54, 1.807) is 6.92 Å². The summed E-state index contributed by atoms with van der Waals surface area (Å²) in [5.41, 5.74) is 7.48. The molecule has 0 aliphatic carbocycles. The van der Waals surface area contributed by atoms with Gasteiger partial charge in [-0.05, 0) is 43.0 Å². The third kappa shape index (κ3) is 3.26. The molecule has 1 aromatic rings. The van der Waals surface area contributed by atoms with E-state index in [1.165, 1.54) is 5.56 Å². The number of rotatable bonds is 4. The zero-order chi connectivity index (χ0) is 12.3. The zero-order valence-corrected chi connectivity index (χ0v) is 10.3. The van der Waals surface area contributed by atoms with Crippen LogP contribution >= 0.6 is 0 Å². The summed E-state index contributed by atoms with van der Waals surface area (Å²) in [5, 5.41) is 0. The second-order valence-corrected chi connectivity index (χ2v) is 4.40. The number of carbonyl (C=O) groups excluding carboxylic acids is 1. The molecule has 0 aliphatic heterocycles. The van der Waals surface area contributed by atoms with Crippen molar-refractivity contribution >= 4 is 5.91 Å². The van der Waals surface area contributed by atoms with E-state index in [-0.39, 0.29) is 0 Å². The first-order valence-corrected chi connectivity index (χ1v) is 5.47. The van der Waals surface area contributed by atoms with Crippen molar-refractivity contribution in [1.82, 2.24) is 0 Å². The second-order valence-electron chi connectivity index (χ2n) is 4.40. The van der Waals surface area contributed by atoms with Crippen LogP contribution in [-0.4, -0.2) is 12.0 Å². The summed E-state index contributed by atoms with van der Waals surface area (Å²) in [7, 11) is 0. The molecule has 16 heavy (non-hydrogen) atoms. The van der Waals surface area contributed by atoms with E-state index in [0.717, 1.165) is 5.56 Å². The molecule has 0 heterocycles. The topological polar surface area (TPSA) is 52.3 Å². The highest BCUT2D eigenvalue weighted by molar-refractivity contribution is 5.78. The van der Waals surface area contributed by atoms with Gasteiger partial charge in [0.25, 0.3) is 5.91 Å². The van der Waals surface area contributed by atoms with Crippen LogP contribution in [0.25, 0.3) is 0 Å². The number of primary amides is 1. The van der Waals surface area contributed by atoms with Crippen LogP contribution in [0.1, 0.15) is 37.8 Å². The molecule has 0 saturated heterocycles. The van der Waals surface area contributed by atoms with Crippen LogP contribution in [-0.2, 0) is 4.79 Å². The van der Waals surface area contributed by atoms with Crippen molar-refractivity contribution in [2.75, 3.05) is 0 Å². The number of aryl methyl sites for hydroxylation is 1. The van der Waals surface area contributed by atoms with Crippen molar-refractivity contribution in [3.8, 4) is 5.75 Å². The average Bonchev–Trinajstić information content (AvgIpc) is 2.16. The van der Waals surface area contributed by atoms with Gasteiger partial charge in [0.15, 0.2) is 6.10 Å². The van der Waals surface area contributed by atoms with Crippen molar-refractivity contribution in [2.24, 2.45) is 5.73 Å². The molecule has 1 aromatic carbocycles. The van der Waals surface area contributed by atoms with E-state index in [4.69, 9.17) is 10.5 Å². The summed E-state index contributed by atoms with van der Waals surface area (Å²) in [5.74, 6) is 0.689. The summed E-state index contributed by atoms with van der Waals surface area (Å²) < 4.78 is 5.47. The fourth-order valence-electron chi connectivity index (χ4n) is 1.44. The predicted molar refractivity (Wildman–Crippen MR) is 64.6 cm³/mol. The highest BCUT2D eigenvalue weighted by Gasteiger charge is 2.11. The summed E-state index contributed by atoms with van der Waals surface area (Å²) in [6.45, 7) is 7.90. The standard InChI is InChI=1S/C13H19NO2/c1-8(2)11-5-9(3)6-12(7-11)16-10(4)13(14)15/h5-8,10H,1-4H3,(H2,14,15)/t10-/m1/s1. The molecule has 88 valence electrons. The largest absolute Gasteiger partial charge is 0.481 e. The van der Waals surface area contributed by atoms with Gasteiger partial charge < -0.3 is 10.5 Å². The molecule has 0 fully saturated rings. The molecular weight excluding hydrogens is 202 g/mol. The molecule has 3 heteroatoms. The molecule has 2 N–H and O–H groups in total. The maximum atomic E-state index is 10.9. The van der Waals surface area contributed by atoms with Crippen molar-refractivity contribution in [3.05, 3.63) is 29.3 Å². The predicted octanol–water partition coefficient (Wildman–Crippen LogP) is 2.37. The molecule has 0 aromatic heterocycles. The summed E-state index contributed by atoms with van der Waals surface area (Å²) >= 11 is 0. The first-order chi connectivity index (χ1) is 7.40.